The Kier molecular flexibility index (Phi) is 3.17. The third-order valence-electron chi connectivity index (χ3n) is 3.09. The molecule has 106 valence electrons. The van der Waals surface area contributed by atoms with Crippen LogP contribution in [0, 0.1) is 18.6 Å². The second-order valence-electron chi connectivity index (χ2n) is 4.47. The van der Waals surface area contributed by atoms with Crippen LogP contribution >= 0.6 is 11.6 Å². The first-order valence-electron chi connectivity index (χ1n) is 5.97. The van der Waals surface area contributed by atoms with Gasteiger partial charge in [-0.15, -0.1) is 0 Å². The number of hydrogen-bond donors (Lipinski definition) is 0. The smallest absolute Gasteiger partial charge is 0.257 e. The van der Waals surface area contributed by atoms with Crippen molar-refractivity contribution in [2.45, 2.75) is 6.92 Å². The summed E-state index contributed by atoms with van der Waals surface area (Å²) in [6, 6.07) is 4.29. The monoisotopic (exact) mass is 307 g/mol. The number of hydrogen-bond acceptors (Lipinski definition) is 3. The van der Waals surface area contributed by atoms with E-state index in [1.54, 1.807) is 6.92 Å². The van der Waals surface area contributed by atoms with Gasteiger partial charge in [0.05, 0.1) is 5.69 Å². The normalized spacial score (nSPS) is 11.0. The number of nitrogens with zero attached hydrogens (tertiary/aromatic N) is 3. The molecular weight excluding hydrogens is 300 g/mol. The molecule has 2 heterocycles. The molecule has 0 saturated heterocycles. The first-order chi connectivity index (χ1) is 9.97. The maximum Gasteiger partial charge on any atom is 0.257 e. The second kappa shape index (κ2) is 4.89. The summed E-state index contributed by atoms with van der Waals surface area (Å²) in [5.41, 5.74) is 0.234. The number of benzene rings is 1. The van der Waals surface area contributed by atoms with Gasteiger partial charge in [0.15, 0.2) is 5.65 Å². The highest BCUT2D eigenvalue weighted by Gasteiger charge is 2.14. The molecule has 0 fully saturated rings. The van der Waals surface area contributed by atoms with E-state index >= 15 is 0 Å². The third kappa shape index (κ3) is 2.27. The first kappa shape index (κ1) is 13.6. The Morgan fingerprint density at radius 2 is 2.00 bits per heavy atom. The Labute approximate surface area is 122 Å². The molecule has 4 nitrogen and oxygen atoms in total. The highest BCUT2D eigenvalue weighted by Crippen LogP contribution is 2.20. The zero-order valence-electron chi connectivity index (χ0n) is 10.8. The first-order valence-corrected chi connectivity index (χ1v) is 6.35. The summed E-state index contributed by atoms with van der Waals surface area (Å²) in [7, 11) is 0. The van der Waals surface area contributed by atoms with Crippen LogP contribution < -0.4 is 5.56 Å². The molecule has 7 heteroatoms. The van der Waals surface area contributed by atoms with Crippen LogP contribution in [0.1, 0.15) is 5.56 Å². The topological polar surface area (TPSA) is 47.8 Å². The Bertz CT molecular complexity index is 924. The maximum absolute atomic E-state index is 14.0. The third-order valence-corrected chi connectivity index (χ3v) is 3.27. The molecule has 3 aromatic rings. The van der Waals surface area contributed by atoms with E-state index in [4.69, 9.17) is 11.6 Å². The van der Waals surface area contributed by atoms with Gasteiger partial charge in [0, 0.05) is 23.7 Å². The molecule has 0 aliphatic rings. The van der Waals surface area contributed by atoms with Crippen molar-refractivity contribution >= 4 is 22.6 Å². The molecule has 0 bridgehead atoms. The Morgan fingerprint density at radius 1 is 1.24 bits per heavy atom. The molecule has 0 amide bonds. The van der Waals surface area contributed by atoms with Crippen molar-refractivity contribution in [1.29, 1.82) is 0 Å². The molecular formula is C14H8ClF2N3O. The lowest BCUT2D eigenvalue weighted by Gasteiger charge is -2.11. The van der Waals surface area contributed by atoms with E-state index in [1.807, 2.05) is 0 Å². The molecule has 0 saturated carbocycles. The molecule has 0 aliphatic carbocycles. The summed E-state index contributed by atoms with van der Waals surface area (Å²) in [5.74, 6) is -1.59. The number of pyridine rings is 1. The van der Waals surface area contributed by atoms with Crippen molar-refractivity contribution in [3.05, 3.63) is 63.3 Å². The standard InChI is InChI=1S/C14H8ClF2N3O/c1-7-4-12(21)20(11-3-2-8(16)5-10(11)17)13-9(7)6-18-14(15)19-13/h2-6H,1H3. The van der Waals surface area contributed by atoms with Gasteiger partial charge in [-0.1, -0.05) is 0 Å². The van der Waals surface area contributed by atoms with Crippen LogP contribution in [0.2, 0.25) is 5.28 Å². The fourth-order valence-corrected chi connectivity index (χ4v) is 2.26. The summed E-state index contributed by atoms with van der Waals surface area (Å²) >= 11 is 5.76. The Morgan fingerprint density at radius 3 is 2.71 bits per heavy atom. The van der Waals surface area contributed by atoms with Gasteiger partial charge in [0.1, 0.15) is 11.6 Å². The Balaban J connectivity index is 2.47. The number of halogens is 3. The van der Waals surface area contributed by atoms with Gasteiger partial charge in [0.25, 0.3) is 5.56 Å². The van der Waals surface area contributed by atoms with Crippen molar-refractivity contribution < 1.29 is 8.78 Å². The van der Waals surface area contributed by atoms with Crippen molar-refractivity contribution in [3.8, 4) is 5.69 Å². The van der Waals surface area contributed by atoms with Crippen molar-refractivity contribution in [2.24, 2.45) is 0 Å². The average molecular weight is 308 g/mol. The molecule has 0 N–H and O–H groups in total. The average Bonchev–Trinajstić information content (AvgIpc) is 2.40. The number of aryl methyl sites for hydroxylation is 1. The number of fused-ring (bicyclic) bond motifs is 1. The number of aromatic nitrogens is 3. The van der Waals surface area contributed by atoms with Crippen LogP contribution in [-0.2, 0) is 0 Å². The van der Waals surface area contributed by atoms with Crippen molar-refractivity contribution in [3.63, 3.8) is 0 Å². The minimum absolute atomic E-state index is 0.0660. The predicted octanol–water partition coefficient (Wildman–Crippen LogP) is 3.02. The molecule has 0 radical (unpaired) electrons. The largest absolute Gasteiger partial charge is 0.269 e. The highest BCUT2D eigenvalue weighted by atomic mass is 35.5. The van der Waals surface area contributed by atoms with E-state index in [1.165, 1.54) is 18.3 Å². The molecule has 0 unspecified atom stereocenters. The molecule has 0 aliphatic heterocycles. The van der Waals surface area contributed by atoms with Crippen LogP contribution in [0.25, 0.3) is 16.7 Å². The van der Waals surface area contributed by atoms with Crippen LogP contribution in [0.15, 0.2) is 35.3 Å². The molecule has 2 aromatic heterocycles. The zero-order valence-corrected chi connectivity index (χ0v) is 11.5. The molecule has 0 atom stereocenters. The lowest BCUT2D eigenvalue weighted by atomic mass is 10.2. The van der Waals surface area contributed by atoms with Crippen LogP contribution in [-0.4, -0.2) is 14.5 Å². The summed E-state index contributed by atoms with van der Waals surface area (Å²) in [5, 5.41) is 0.492. The van der Waals surface area contributed by atoms with Gasteiger partial charge in [-0.05, 0) is 36.2 Å². The van der Waals surface area contributed by atoms with Crippen molar-refractivity contribution in [1.82, 2.24) is 14.5 Å². The second-order valence-corrected chi connectivity index (χ2v) is 4.81. The zero-order chi connectivity index (χ0) is 15.1. The van der Waals surface area contributed by atoms with Gasteiger partial charge < -0.3 is 0 Å². The molecule has 3 rings (SSSR count). The summed E-state index contributed by atoms with van der Waals surface area (Å²) in [6.45, 7) is 1.71. The highest BCUT2D eigenvalue weighted by molar-refractivity contribution is 6.28. The van der Waals surface area contributed by atoms with Crippen LogP contribution in [0.5, 0.6) is 0 Å². The number of rotatable bonds is 1. The van der Waals surface area contributed by atoms with E-state index in [0.29, 0.717) is 17.0 Å². The van der Waals surface area contributed by atoms with E-state index in [2.05, 4.69) is 9.97 Å². The quantitative estimate of drug-likeness (QED) is 0.649. The van der Waals surface area contributed by atoms with Gasteiger partial charge in [0.2, 0.25) is 5.28 Å². The minimum atomic E-state index is -0.864. The molecule has 0 spiro atoms. The fraction of sp³-hybridized carbons (Fsp3) is 0.0714. The SMILES string of the molecule is Cc1cc(=O)n(-c2ccc(F)cc2F)c2nc(Cl)ncc12. The van der Waals surface area contributed by atoms with Gasteiger partial charge in [-0.3, -0.25) is 9.36 Å². The summed E-state index contributed by atoms with van der Waals surface area (Å²) < 4.78 is 28.0. The van der Waals surface area contributed by atoms with Crippen LogP contribution in [0.3, 0.4) is 0 Å². The lowest BCUT2D eigenvalue weighted by molar-refractivity contribution is 0.577. The van der Waals surface area contributed by atoms with Gasteiger partial charge in [-0.2, -0.15) is 4.98 Å². The maximum atomic E-state index is 14.0. The van der Waals surface area contributed by atoms with E-state index in [-0.39, 0.29) is 16.6 Å². The predicted molar refractivity (Wildman–Crippen MR) is 74.8 cm³/mol. The van der Waals surface area contributed by atoms with Crippen LogP contribution in [0.4, 0.5) is 8.78 Å². The van der Waals surface area contributed by atoms with Gasteiger partial charge >= 0.3 is 0 Å². The Hall–Kier alpha value is -2.34. The van der Waals surface area contributed by atoms with Crippen molar-refractivity contribution in [2.75, 3.05) is 0 Å². The fourth-order valence-electron chi connectivity index (χ4n) is 2.13. The lowest BCUT2D eigenvalue weighted by Crippen LogP contribution is -2.20. The van der Waals surface area contributed by atoms with Gasteiger partial charge in [-0.25, -0.2) is 13.8 Å². The van der Waals surface area contributed by atoms with E-state index in [9.17, 15) is 13.6 Å². The minimum Gasteiger partial charge on any atom is -0.269 e. The summed E-state index contributed by atoms with van der Waals surface area (Å²) in [4.78, 5) is 20.1. The summed E-state index contributed by atoms with van der Waals surface area (Å²) in [6.07, 6.45) is 1.46. The van der Waals surface area contributed by atoms with E-state index in [0.717, 1.165) is 10.6 Å². The van der Waals surface area contributed by atoms with E-state index < -0.39 is 17.2 Å². The molecule has 1 aromatic carbocycles. The molecule has 21 heavy (non-hydrogen) atoms.